The molecule has 0 aliphatic heterocycles. The molecular weight excluding hydrogens is 569 g/mol. The minimum Gasteiger partial charge on any atom is -0.466 e. The van der Waals surface area contributed by atoms with Crippen LogP contribution in [0, 0.1) is 24.4 Å². The molecule has 0 spiro atoms. The van der Waals surface area contributed by atoms with E-state index in [0.29, 0.717) is 15.7 Å². The highest BCUT2D eigenvalue weighted by molar-refractivity contribution is 7.98. The van der Waals surface area contributed by atoms with Gasteiger partial charge in [0, 0.05) is 34.4 Å². The summed E-state index contributed by atoms with van der Waals surface area (Å²) in [7, 11) is 0. The molecule has 0 fully saturated rings. The van der Waals surface area contributed by atoms with Crippen molar-refractivity contribution in [2.45, 2.75) is 62.8 Å². The maximum absolute atomic E-state index is 15.1. The van der Waals surface area contributed by atoms with E-state index in [1.165, 1.54) is 36.0 Å². The fourth-order valence-electron chi connectivity index (χ4n) is 5.31. The molecule has 1 aliphatic carbocycles. The Morgan fingerprint density at radius 2 is 1.83 bits per heavy atom. The Labute approximate surface area is 246 Å². The summed E-state index contributed by atoms with van der Waals surface area (Å²) in [6.45, 7) is 3.94. The standard InChI is InChI=1S/C32H30ClF3N2O2S/c1-3-40-30(39)14-7-20-16-27(35)25(28(36)17-20)18-41-32-37-29-6-4-5-24(21-8-13-26(33)19(2)15-21)31(29)38(32)23-11-9-22(34)10-12-23/h8-13,15-17,24H,3-7,14,18H2,1-2H3. The molecule has 0 bridgehead atoms. The summed E-state index contributed by atoms with van der Waals surface area (Å²) in [5.74, 6) is -2.05. The number of rotatable bonds is 9. The monoisotopic (exact) mass is 598 g/mol. The number of esters is 1. The molecule has 41 heavy (non-hydrogen) atoms. The normalized spacial score (nSPS) is 14.6. The van der Waals surface area contributed by atoms with Crippen molar-refractivity contribution in [1.82, 2.24) is 9.55 Å². The Morgan fingerprint density at radius 1 is 1.10 bits per heavy atom. The van der Waals surface area contributed by atoms with E-state index in [9.17, 15) is 9.18 Å². The van der Waals surface area contributed by atoms with Crippen molar-refractivity contribution in [3.05, 3.63) is 111 Å². The lowest BCUT2D eigenvalue weighted by Gasteiger charge is -2.25. The second kappa shape index (κ2) is 12.7. The summed E-state index contributed by atoms with van der Waals surface area (Å²) < 4.78 is 50.9. The Bertz CT molecular complexity index is 1550. The average Bonchev–Trinajstić information content (AvgIpc) is 3.32. The van der Waals surface area contributed by atoms with Gasteiger partial charge in [-0.25, -0.2) is 18.2 Å². The number of aryl methyl sites for hydroxylation is 3. The van der Waals surface area contributed by atoms with Crippen molar-refractivity contribution in [3.63, 3.8) is 0 Å². The van der Waals surface area contributed by atoms with E-state index < -0.39 is 17.6 Å². The molecule has 1 aliphatic rings. The molecule has 1 atom stereocenters. The summed E-state index contributed by atoms with van der Waals surface area (Å²) in [5.41, 5.74) is 5.09. The number of thioether (sulfide) groups is 1. The number of carbonyl (C=O) groups excluding carboxylic acids is 1. The number of aromatic nitrogens is 2. The highest BCUT2D eigenvalue weighted by atomic mass is 35.5. The minimum absolute atomic E-state index is 0.0115. The van der Waals surface area contributed by atoms with Crippen molar-refractivity contribution in [2.75, 3.05) is 6.61 Å². The molecule has 0 radical (unpaired) electrons. The van der Waals surface area contributed by atoms with Gasteiger partial charge < -0.3 is 4.74 Å². The molecule has 214 valence electrons. The molecular formula is C32H30ClF3N2O2S. The topological polar surface area (TPSA) is 44.1 Å². The van der Waals surface area contributed by atoms with E-state index in [2.05, 4.69) is 6.07 Å². The fourth-order valence-corrected chi connectivity index (χ4v) is 6.48. The highest BCUT2D eigenvalue weighted by Crippen LogP contribution is 2.42. The first-order valence-electron chi connectivity index (χ1n) is 13.6. The van der Waals surface area contributed by atoms with Crippen LogP contribution in [0.5, 0.6) is 0 Å². The van der Waals surface area contributed by atoms with Crippen LogP contribution in [0.15, 0.2) is 59.8 Å². The maximum atomic E-state index is 15.1. The van der Waals surface area contributed by atoms with Crippen LogP contribution in [-0.2, 0) is 28.1 Å². The number of carbonyl (C=O) groups is 1. The molecule has 0 saturated heterocycles. The number of ether oxygens (including phenoxy) is 1. The SMILES string of the molecule is CCOC(=O)CCc1cc(F)c(CSc2nc3c(n2-c2ccc(F)cc2)C(c2ccc(Cl)c(C)c2)CCC3)c(F)c1. The van der Waals surface area contributed by atoms with E-state index in [1.54, 1.807) is 19.1 Å². The zero-order chi connectivity index (χ0) is 29.1. The van der Waals surface area contributed by atoms with Gasteiger partial charge in [-0.2, -0.15) is 0 Å². The van der Waals surface area contributed by atoms with Crippen LogP contribution < -0.4 is 0 Å². The number of nitrogens with zero attached hydrogens (tertiary/aromatic N) is 2. The van der Waals surface area contributed by atoms with E-state index in [4.69, 9.17) is 21.3 Å². The first-order valence-corrected chi connectivity index (χ1v) is 15.0. The number of hydrogen-bond donors (Lipinski definition) is 0. The summed E-state index contributed by atoms with van der Waals surface area (Å²) >= 11 is 7.54. The number of halogens is 4. The van der Waals surface area contributed by atoms with Crippen molar-refractivity contribution in [3.8, 4) is 5.69 Å². The Morgan fingerprint density at radius 3 is 2.51 bits per heavy atom. The fraction of sp³-hybridized carbons (Fsp3) is 0.312. The van der Waals surface area contributed by atoms with Crippen LogP contribution in [0.3, 0.4) is 0 Å². The van der Waals surface area contributed by atoms with E-state index in [0.717, 1.165) is 47.5 Å². The van der Waals surface area contributed by atoms with E-state index in [1.807, 2.05) is 23.6 Å². The molecule has 1 heterocycles. The van der Waals surface area contributed by atoms with Crippen molar-refractivity contribution in [2.24, 2.45) is 0 Å². The van der Waals surface area contributed by atoms with Gasteiger partial charge in [0.1, 0.15) is 17.5 Å². The van der Waals surface area contributed by atoms with Gasteiger partial charge in [-0.15, -0.1) is 0 Å². The first-order chi connectivity index (χ1) is 19.7. The minimum atomic E-state index is -0.671. The molecule has 9 heteroatoms. The Hall–Kier alpha value is -3.23. The zero-order valence-electron chi connectivity index (χ0n) is 22.9. The lowest BCUT2D eigenvalue weighted by molar-refractivity contribution is -0.143. The van der Waals surface area contributed by atoms with Crippen molar-refractivity contribution < 1.29 is 22.7 Å². The van der Waals surface area contributed by atoms with Gasteiger partial charge in [0.25, 0.3) is 0 Å². The third-order valence-corrected chi connectivity index (χ3v) is 8.72. The lowest BCUT2D eigenvalue weighted by Crippen LogP contribution is -2.15. The summed E-state index contributed by atoms with van der Waals surface area (Å²) in [6, 6.07) is 14.7. The van der Waals surface area contributed by atoms with Crippen LogP contribution in [0.1, 0.15) is 65.7 Å². The Kier molecular flexibility index (Phi) is 9.09. The number of hydrogen-bond acceptors (Lipinski definition) is 4. The van der Waals surface area contributed by atoms with Gasteiger partial charge in [0.05, 0.1) is 18.0 Å². The van der Waals surface area contributed by atoms with Gasteiger partial charge in [-0.05, 0) is 98.7 Å². The zero-order valence-corrected chi connectivity index (χ0v) is 24.4. The predicted octanol–water partition coefficient (Wildman–Crippen LogP) is 8.51. The quantitative estimate of drug-likeness (QED) is 0.143. The molecule has 1 unspecified atom stereocenters. The van der Waals surface area contributed by atoms with Gasteiger partial charge in [-0.3, -0.25) is 9.36 Å². The molecule has 5 rings (SSSR count). The number of benzene rings is 3. The van der Waals surface area contributed by atoms with Gasteiger partial charge in [0.15, 0.2) is 5.16 Å². The van der Waals surface area contributed by atoms with Gasteiger partial charge >= 0.3 is 5.97 Å². The molecule has 0 N–H and O–H groups in total. The van der Waals surface area contributed by atoms with Crippen LogP contribution in [0.25, 0.3) is 5.69 Å². The molecule has 1 aromatic heterocycles. The summed E-state index contributed by atoms with van der Waals surface area (Å²) in [5, 5.41) is 1.29. The average molecular weight is 599 g/mol. The van der Waals surface area contributed by atoms with E-state index in [-0.39, 0.29) is 42.5 Å². The third kappa shape index (κ3) is 6.49. The molecule has 4 aromatic rings. The first kappa shape index (κ1) is 29.3. The second-order valence-electron chi connectivity index (χ2n) is 10.1. The maximum Gasteiger partial charge on any atom is 0.306 e. The van der Waals surface area contributed by atoms with Gasteiger partial charge in [0.2, 0.25) is 0 Å². The molecule has 0 saturated carbocycles. The smallest absolute Gasteiger partial charge is 0.306 e. The van der Waals surface area contributed by atoms with Crippen molar-refractivity contribution >= 4 is 29.3 Å². The molecule has 3 aromatic carbocycles. The summed E-state index contributed by atoms with van der Waals surface area (Å²) in [6.07, 6.45) is 2.86. The number of imidazole rings is 1. The predicted molar refractivity (Wildman–Crippen MR) is 155 cm³/mol. The van der Waals surface area contributed by atoms with Crippen LogP contribution in [0.2, 0.25) is 5.02 Å². The Balaban J connectivity index is 1.48. The third-order valence-electron chi connectivity index (χ3n) is 7.33. The highest BCUT2D eigenvalue weighted by Gasteiger charge is 2.30. The van der Waals surface area contributed by atoms with Crippen LogP contribution in [-0.4, -0.2) is 22.1 Å². The van der Waals surface area contributed by atoms with Crippen LogP contribution >= 0.6 is 23.4 Å². The lowest BCUT2D eigenvalue weighted by atomic mass is 9.83. The molecule has 4 nitrogen and oxygen atoms in total. The van der Waals surface area contributed by atoms with Crippen molar-refractivity contribution in [1.29, 1.82) is 0 Å². The van der Waals surface area contributed by atoms with Crippen LogP contribution in [0.4, 0.5) is 13.2 Å². The largest absolute Gasteiger partial charge is 0.466 e. The van der Waals surface area contributed by atoms with Gasteiger partial charge in [-0.1, -0.05) is 35.5 Å². The molecule has 0 amide bonds. The summed E-state index contributed by atoms with van der Waals surface area (Å²) in [4.78, 5) is 16.6. The van der Waals surface area contributed by atoms with E-state index >= 15 is 8.78 Å². The number of fused-ring (bicyclic) bond motifs is 1. The second-order valence-corrected chi connectivity index (χ2v) is 11.5.